The normalized spacial score (nSPS) is 25.4. The first kappa shape index (κ1) is 29.7. The van der Waals surface area contributed by atoms with E-state index in [1.807, 2.05) is 78.9 Å². The van der Waals surface area contributed by atoms with Crippen LogP contribution in [0.1, 0.15) is 54.4 Å². The van der Waals surface area contributed by atoms with Crippen LogP contribution in [0, 0.1) is 5.92 Å². The number of urea groups is 1. The third kappa shape index (κ3) is 7.26. The Morgan fingerprint density at radius 1 is 0.884 bits per heavy atom. The second kappa shape index (κ2) is 13.5. The standard InChI is InChI=1S/C34H41N3O6/c1-24-30(22-37-17-15-34(16-18-37)40-19-20-41-34)42-32(43-31(24)27-9-7-26(23-38)8-10-27)28-11-13-29(14-12-28)36-33(39)35-21-25-5-3-2-4-6-25/h2-14,24,30-32,38H,15-23H2,1H3,(H2,35,36,39)/t24-,30+,31+,32+/m0/s1. The van der Waals surface area contributed by atoms with Crippen molar-refractivity contribution in [2.24, 2.45) is 5.92 Å². The zero-order chi connectivity index (χ0) is 29.6. The predicted molar refractivity (Wildman–Crippen MR) is 162 cm³/mol. The summed E-state index contributed by atoms with van der Waals surface area (Å²) in [6.07, 6.45) is 0.890. The lowest BCUT2D eigenvalue weighted by atomic mass is 9.89. The molecule has 3 saturated heterocycles. The molecular weight excluding hydrogens is 546 g/mol. The second-order valence-electron chi connectivity index (χ2n) is 11.6. The molecule has 0 aliphatic carbocycles. The maximum Gasteiger partial charge on any atom is 0.319 e. The first-order valence-electron chi connectivity index (χ1n) is 15.2. The number of rotatable bonds is 8. The van der Waals surface area contributed by atoms with Gasteiger partial charge in [0.25, 0.3) is 0 Å². The van der Waals surface area contributed by atoms with Gasteiger partial charge >= 0.3 is 6.03 Å². The van der Waals surface area contributed by atoms with Crippen LogP contribution in [0.25, 0.3) is 0 Å². The summed E-state index contributed by atoms with van der Waals surface area (Å²) >= 11 is 0. The van der Waals surface area contributed by atoms with Gasteiger partial charge in [0.05, 0.1) is 32.0 Å². The van der Waals surface area contributed by atoms with E-state index in [1.165, 1.54) is 0 Å². The number of ether oxygens (including phenoxy) is 4. The van der Waals surface area contributed by atoms with Crippen LogP contribution in [0.2, 0.25) is 0 Å². The van der Waals surface area contributed by atoms with Gasteiger partial charge in [-0.3, -0.25) is 0 Å². The van der Waals surface area contributed by atoms with Gasteiger partial charge in [-0.1, -0.05) is 73.7 Å². The Morgan fingerprint density at radius 3 is 2.23 bits per heavy atom. The first-order chi connectivity index (χ1) is 21.0. The first-order valence-corrected chi connectivity index (χ1v) is 15.2. The van der Waals surface area contributed by atoms with Crippen molar-refractivity contribution in [1.82, 2.24) is 10.2 Å². The van der Waals surface area contributed by atoms with E-state index in [9.17, 15) is 9.90 Å². The molecule has 3 aliphatic rings. The van der Waals surface area contributed by atoms with Crippen molar-refractivity contribution >= 4 is 11.7 Å². The van der Waals surface area contributed by atoms with E-state index < -0.39 is 12.1 Å². The van der Waals surface area contributed by atoms with Crippen molar-refractivity contribution in [3.05, 3.63) is 101 Å². The van der Waals surface area contributed by atoms with E-state index in [0.29, 0.717) is 25.4 Å². The van der Waals surface area contributed by atoms with Crippen LogP contribution in [0.4, 0.5) is 10.5 Å². The number of carbonyl (C=O) groups excluding carboxylic acids is 1. The summed E-state index contributed by atoms with van der Waals surface area (Å²) in [5.41, 5.74) is 4.53. The molecule has 228 valence electrons. The fourth-order valence-corrected chi connectivity index (χ4v) is 6.12. The van der Waals surface area contributed by atoms with Crippen molar-refractivity contribution < 1.29 is 28.8 Å². The van der Waals surface area contributed by atoms with Gasteiger partial charge in [-0.05, 0) is 28.8 Å². The number of aliphatic hydroxyl groups excluding tert-OH is 1. The number of hydrogen-bond donors (Lipinski definition) is 3. The molecule has 0 unspecified atom stereocenters. The summed E-state index contributed by atoms with van der Waals surface area (Å²) in [6.45, 7) is 6.54. The third-order valence-electron chi connectivity index (χ3n) is 8.73. The molecule has 3 heterocycles. The van der Waals surface area contributed by atoms with Gasteiger partial charge in [-0.2, -0.15) is 0 Å². The number of nitrogens with one attached hydrogen (secondary N) is 2. The van der Waals surface area contributed by atoms with Crippen LogP contribution in [0.15, 0.2) is 78.9 Å². The number of hydrogen-bond acceptors (Lipinski definition) is 7. The zero-order valence-corrected chi connectivity index (χ0v) is 24.6. The average Bonchev–Trinajstić information content (AvgIpc) is 3.51. The van der Waals surface area contributed by atoms with Crippen molar-refractivity contribution in [2.45, 2.75) is 57.2 Å². The fraction of sp³-hybridized carbons (Fsp3) is 0.441. The molecule has 3 aromatic carbocycles. The lowest BCUT2D eigenvalue weighted by molar-refractivity contribution is -0.278. The van der Waals surface area contributed by atoms with E-state index in [0.717, 1.165) is 54.7 Å². The van der Waals surface area contributed by atoms with Gasteiger partial charge in [0.15, 0.2) is 12.1 Å². The van der Waals surface area contributed by atoms with E-state index in [4.69, 9.17) is 18.9 Å². The maximum absolute atomic E-state index is 12.5. The highest BCUT2D eigenvalue weighted by Crippen LogP contribution is 2.42. The quantitative estimate of drug-likeness (QED) is 0.336. The van der Waals surface area contributed by atoms with E-state index >= 15 is 0 Å². The number of nitrogens with zero attached hydrogens (tertiary/aromatic N) is 1. The van der Waals surface area contributed by atoms with Crippen LogP contribution in [0.5, 0.6) is 0 Å². The van der Waals surface area contributed by atoms with Crippen LogP contribution < -0.4 is 10.6 Å². The summed E-state index contributed by atoms with van der Waals surface area (Å²) in [7, 11) is 0. The number of likely N-dealkylation sites (tertiary alicyclic amines) is 1. The molecule has 0 radical (unpaired) electrons. The molecule has 3 N–H and O–H groups in total. The molecular formula is C34H41N3O6. The summed E-state index contributed by atoms with van der Waals surface area (Å²) in [5.74, 6) is -0.313. The Bertz CT molecular complexity index is 1320. The van der Waals surface area contributed by atoms with Crippen molar-refractivity contribution in [2.75, 3.05) is 38.2 Å². The molecule has 3 aliphatic heterocycles. The van der Waals surface area contributed by atoms with Crippen molar-refractivity contribution in [3.8, 4) is 0 Å². The summed E-state index contributed by atoms with van der Waals surface area (Å²) in [5, 5.41) is 15.3. The summed E-state index contributed by atoms with van der Waals surface area (Å²) in [6, 6.07) is 25.1. The Morgan fingerprint density at radius 2 is 1.56 bits per heavy atom. The number of amides is 2. The van der Waals surface area contributed by atoms with Crippen LogP contribution in [-0.4, -0.2) is 60.8 Å². The monoisotopic (exact) mass is 587 g/mol. The second-order valence-corrected chi connectivity index (χ2v) is 11.6. The Balaban J connectivity index is 1.13. The molecule has 43 heavy (non-hydrogen) atoms. The van der Waals surface area contributed by atoms with Gasteiger partial charge in [0.1, 0.15) is 0 Å². The van der Waals surface area contributed by atoms with Crippen molar-refractivity contribution in [3.63, 3.8) is 0 Å². The smallest absolute Gasteiger partial charge is 0.319 e. The van der Waals surface area contributed by atoms with Gasteiger partial charge in [-0.25, -0.2) is 4.79 Å². The highest BCUT2D eigenvalue weighted by atomic mass is 16.7. The molecule has 0 saturated carbocycles. The summed E-state index contributed by atoms with van der Waals surface area (Å²) < 4.78 is 25.1. The molecule has 4 atom stereocenters. The number of aliphatic hydroxyl groups is 1. The van der Waals surface area contributed by atoms with Gasteiger partial charge < -0.3 is 39.6 Å². The number of carbonyl (C=O) groups is 1. The minimum atomic E-state index is -0.567. The van der Waals surface area contributed by atoms with E-state index in [-0.39, 0.29) is 30.8 Å². The number of benzene rings is 3. The molecule has 1 spiro atoms. The zero-order valence-electron chi connectivity index (χ0n) is 24.6. The van der Waals surface area contributed by atoms with E-state index in [2.05, 4.69) is 22.5 Å². The molecule has 3 fully saturated rings. The molecule has 9 nitrogen and oxygen atoms in total. The van der Waals surface area contributed by atoms with Gasteiger partial charge in [-0.15, -0.1) is 0 Å². The predicted octanol–water partition coefficient (Wildman–Crippen LogP) is 5.13. The van der Waals surface area contributed by atoms with Crippen LogP contribution >= 0.6 is 0 Å². The fourth-order valence-electron chi connectivity index (χ4n) is 6.12. The Labute approximate surface area is 253 Å². The average molecular weight is 588 g/mol. The molecule has 0 bridgehead atoms. The molecule has 6 rings (SSSR count). The highest BCUT2D eigenvalue weighted by molar-refractivity contribution is 5.89. The highest BCUT2D eigenvalue weighted by Gasteiger charge is 2.43. The van der Waals surface area contributed by atoms with Crippen LogP contribution in [-0.2, 0) is 32.1 Å². The van der Waals surface area contributed by atoms with Gasteiger partial charge in [0, 0.05) is 56.2 Å². The number of piperidine rings is 1. The summed E-state index contributed by atoms with van der Waals surface area (Å²) in [4.78, 5) is 14.9. The number of anilines is 1. The molecule has 9 heteroatoms. The van der Waals surface area contributed by atoms with Crippen molar-refractivity contribution in [1.29, 1.82) is 0 Å². The Kier molecular flexibility index (Phi) is 9.37. The lowest BCUT2D eigenvalue weighted by Crippen LogP contribution is -2.50. The van der Waals surface area contributed by atoms with Gasteiger partial charge in [0.2, 0.25) is 0 Å². The molecule has 2 amide bonds. The minimum Gasteiger partial charge on any atom is -0.392 e. The van der Waals surface area contributed by atoms with Crippen LogP contribution in [0.3, 0.4) is 0 Å². The Hall–Kier alpha value is -3.31. The third-order valence-corrected chi connectivity index (χ3v) is 8.73. The largest absolute Gasteiger partial charge is 0.392 e. The topological polar surface area (TPSA) is 102 Å². The lowest BCUT2D eigenvalue weighted by Gasteiger charge is -2.44. The molecule has 3 aromatic rings. The van der Waals surface area contributed by atoms with E-state index in [1.54, 1.807) is 0 Å². The maximum atomic E-state index is 12.5. The minimum absolute atomic E-state index is 0.00423. The SMILES string of the molecule is C[C@H]1[C@@H](CN2CCC3(CC2)OCCO3)O[C@@H](c2ccc(NC(=O)NCc3ccccc3)cc2)O[C@H]1c1ccc(CO)cc1. The molecule has 0 aromatic heterocycles.